The van der Waals surface area contributed by atoms with Gasteiger partial charge in [0.1, 0.15) is 23.0 Å². The molecule has 0 amide bonds. The molecule has 2 rings (SSSR count). The van der Waals surface area contributed by atoms with E-state index in [1.54, 1.807) is 0 Å². The van der Waals surface area contributed by atoms with E-state index >= 15 is 0 Å². The fraction of sp³-hybridized carbons (Fsp3) is 0.214. The zero-order valence-electron chi connectivity index (χ0n) is 11.0. The molecule has 0 bridgehead atoms. The Morgan fingerprint density at radius 3 is 2.24 bits per heavy atom. The minimum Gasteiger partial charge on any atom is -0.507 e. The van der Waals surface area contributed by atoms with Crippen molar-refractivity contribution in [1.29, 1.82) is 0 Å². The van der Waals surface area contributed by atoms with Crippen molar-refractivity contribution in [2.45, 2.75) is 20.0 Å². The Kier molecular flexibility index (Phi) is 3.52. The molecule has 1 aromatic carbocycles. The predicted octanol–water partition coefficient (Wildman–Crippen LogP) is 0.604. The molecule has 7 heteroatoms. The van der Waals surface area contributed by atoms with Crippen LogP contribution in [-0.2, 0) is 16.2 Å². The molecule has 1 aliphatic carbocycles. The highest BCUT2D eigenvalue weighted by Gasteiger charge is 2.38. The summed E-state index contributed by atoms with van der Waals surface area (Å²) in [7, 11) is 0. The minimum atomic E-state index is -1.13. The maximum atomic E-state index is 12.0. The largest absolute Gasteiger partial charge is 0.507 e. The summed E-state index contributed by atoms with van der Waals surface area (Å²) in [6, 6.07) is 0.933. The maximum absolute atomic E-state index is 12.0. The standard InChI is InChI=1S/C14H12O7/c1-5(16)2-7-12(19)10-9(14(21)13(7)20)8(17)3-6(4-15)11(10)18/h3,15,17-19H,2,4H2,1H3. The number of aromatic hydroxyl groups is 2. The molecule has 0 heterocycles. The SMILES string of the molecule is CC(=O)CC1=C(O)c2c(O)c(CO)cc(O)c2C(=O)C1=O. The molecule has 0 aliphatic heterocycles. The molecule has 1 aliphatic rings. The number of carbonyl (C=O) groups is 3. The lowest BCUT2D eigenvalue weighted by Gasteiger charge is -2.20. The normalized spacial score (nSPS) is 14.4. The summed E-state index contributed by atoms with van der Waals surface area (Å²) in [6.45, 7) is 0.527. The number of aliphatic hydroxyl groups is 2. The zero-order valence-corrected chi connectivity index (χ0v) is 11.0. The van der Waals surface area contributed by atoms with Crippen LogP contribution in [0.2, 0.25) is 0 Å². The molecule has 0 unspecified atom stereocenters. The van der Waals surface area contributed by atoms with Gasteiger partial charge in [-0.2, -0.15) is 0 Å². The molecular weight excluding hydrogens is 280 g/mol. The monoisotopic (exact) mass is 292 g/mol. The number of ketones is 3. The number of phenols is 2. The highest BCUT2D eigenvalue weighted by molar-refractivity contribution is 6.53. The van der Waals surface area contributed by atoms with Gasteiger partial charge in [0.15, 0.2) is 0 Å². The van der Waals surface area contributed by atoms with Gasteiger partial charge in [0, 0.05) is 12.0 Å². The number of benzene rings is 1. The van der Waals surface area contributed by atoms with Gasteiger partial charge >= 0.3 is 0 Å². The highest BCUT2D eigenvalue weighted by atomic mass is 16.3. The Balaban J connectivity index is 2.83. The predicted molar refractivity (Wildman–Crippen MR) is 69.9 cm³/mol. The second kappa shape index (κ2) is 5.02. The molecular formula is C14H12O7. The summed E-state index contributed by atoms with van der Waals surface area (Å²) in [5.41, 5.74) is -1.55. The molecule has 0 atom stereocenters. The van der Waals surface area contributed by atoms with Crippen molar-refractivity contribution in [1.82, 2.24) is 0 Å². The van der Waals surface area contributed by atoms with E-state index in [0.717, 1.165) is 6.07 Å². The van der Waals surface area contributed by atoms with Crippen molar-refractivity contribution < 1.29 is 34.8 Å². The molecule has 110 valence electrons. The van der Waals surface area contributed by atoms with Crippen molar-refractivity contribution in [3.8, 4) is 11.5 Å². The Hall–Kier alpha value is -2.67. The van der Waals surface area contributed by atoms with Crippen molar-refractivity contribution in [2.75, 3.05) is 0 Å². The molecule has 0 saturated carbocycles. The van der Waals surface area contributed by atoms with Crippen LogP contribution in [0.15, 0.2) is 11.6 Å². The van der Waals surface area contributed by atoms with Gasteiger partial charge < -0.3 is 20.4 Å². The number of phenolic OH excluding ortho intramolecular Hbond substituents is 1. The van der Waals surface area contributed by atoms with Crippen LogP contribution < -0.4 is 0 Å². The summed E-state index contributed by atoms with van der Waals surface area (Å²) in [4.78, 5) is 35.0. The van der Waals surface area contributed by atoms with E-state index in [1.807, 2.05) is 0 Å². The van der Waals surface area contributed by atoms with E-state index in [2.05, 4.69) is 0 Å². The second-order valence-electron chi connectivity index (χ2n) is 4.68. The first-order valence-corrected chi connectivity index (χ1v) is 5.99. The minimum absolute atomic E-state index is 0.123. The van der Waals surface area contributed by atoms with Crippen molar-refractivity contribution >= 4 is 23.1 Å². The lowest BCUT2D eigenvalue weighted by Crippen LogP contribution is -2.25. The molecule has 0 aromatic heterocycles. The Morgan fingerprint density at radius 1 is 1.10 bits per heavy atom. The molecule has 4 N–H and O–H groups in total. The molecule has 1 aromatic rings. The van der Waals surface area contributed by atoms with E-state index in [1.165, 1.54) is 6.92 Å². The van der Waals surface area contributed by atoms with Gasteiger partial charge in [0.05, 0.1) is 23.3 Å². The first-order chi connectivity index (χ1) is 9.79. The van der Waals surface area contributed by atoms with Crippen LogP contribution in [0.1, 0.15) is 34.8 Å². The Labute approximate surface area is 118 Å². The van der Waals surface area contributed by atoms with E-state index in [0.29, 0.717) is 0 Å². The molecule has 7 nitrogen and oxygen atoms in total. The summed E-state index contributed by atoms with van der Waals surface area (Å²) < 4.78 is 0. The summed E-state index contributed by atoms with van der Waals surface area (Å²) in [6.07, 6.45) is -0.473. The lowest BCUT2D eigenvalue weighted by atomic mass is 9.84. The fourth-order valence-corrected chi connectivity index (χ4v) is 2.22. The summed E-state index contributed by atoms with van der Waals surface area (Å²) in [5, 5.41) is 38.9. The number of carbonyl (C=O) groups excluding carboxylic acids is 3. The maximum Gasteiger partial charge on any atom is 0.237 e. The number of allylic oxidation sites excluding steroid dienone is 1. The molecule has 0 radical (unpaired) electrons. The number of hydrogen-bond donors (Lipinski definition) is 4. The van der Waals surface area contributed by atoms with Crippen LogP contribution in [-0.4, -0.2) is 37.8 Å². The van der Waals surface area contributed by atoms with Gasteiger partial charge in [0.25, 0.3) is 0 Å². The van der Waals surface area contributed by atoms with Crippen molar-refractivity contribution in [3.05, 3.63) is 28.3 Å². The zero-order chi connectivity index (χ0) is 15.9. The quantitative estimate of drug-likeness (QED) is 0.473. The van der Waals surface area contributed by atoms with E-state index in [-0.39, 0.29) is 5.56 Å². The van der Waals surface area contributed by atoms with Crippen LogP contribution >= 0.6 is 0 Å². The third-order valence-electron chi connectivity index (χ3n) is 3.18. The van der Waals surface area contributed by atoms with E-state index < -0.39 is 64.3 Å². The molecule has 0 spiro atoms. The van der Waals surface area contributed by atoms with Gasteiger partial charge in [-0.15, -0.1) is 0 Å². The van der Waals surface area contributed by atoms with Crippen LogP contribution in [0.4, 0.5) is 0 Å². The van der Waals surface area contributed by atoms with Crippen LogP contribution in [0, 0.1) is 0 Å². The molecule has 0 saturated heterocycles. The van der Waals surface area contributed by atoms with Gasteiger partial charge in [0.2, 0.25) is 11.6 Å². The Bertz CT molecular complexity index is 713. The first-order valence-electron chi connectivity index (χ1n) is 5.99. The number of hydrogen-bond acceptors (Lipinski definition) is 7. The molecule has 0 fully saturated rings. The summed E-state index contributed by atoms with van der Waals surface area (Å²) >= 11 is 0. The topological polar surface area (TPSA) is 132 Å². The van der Waals surface area contributed by atoms with Crippen LogP contribution in [0.5, 0.6) is 11.5 Å². The van der Waals surface area contributed by atoms with E-state index in [4.69, 9.17) is 5.11 Å². The lowest BCUT2D eigenvalue weighted by molar-refractivity contribution is -0.118. The Morgan fingerprint density at radius 2 is 1.71 bits per heavy atom. The molecule has 21 heavy (non-hydrogen) atoms. The number of aliphatic hydroxyl groups excluding tert-OH is 2. The van der Waals surface area contributed by atoms with Gasteiger partial charge in [-0.3, -0.25) is 14.4 Å². The smallest absolute Gasteiger partial charge is 0.237 e. The van der Waals surface area contributed by atoms with Crippen LogP contribution in [0.3, 0.4) is 0 Å². The number of Topliss-reactive ketones (excluding diaryl/α,β-unsaturated/α-hetero) is 3. The third-order valence-corrected chi connectivity index (χ3v) is 3.18. The summed E-state index contributed by atoms with van der Waals surface area (Å²) in [5.74, 6) is -4.70. The van der Waals surface area contributed by atoms with E-state index in [9.17, 15) is 29.7 Å². The first kappa shape index (κ1) is 14.7. The average molecular weight is 292 g/mol. The van der Waals surface area contributed by atoms with Gasteiger partial charge in [-0.25, -0.2) is 0 Å². The van der Waals surface area contributed by atoms with Gasteiger partial charge in [-0.1, -0.05) is 0 Å². The van der Waals surface area contributed by atoms with Crippen molar-refractivity contribution in [3.63, 3.8) is 0 Å². The number of rotatable bonds is 3. The van der Waals surface area contributed by atoms with Gasteiger partial charge in [-0.05, 0) is 13.0 Å². The highest BCUT2D eigenvalue weighted by Crippen LogP contribution is 2.41. The van der Waals surface area contributed by atoms with Crippen molar-refractivity contribution in [2.24, 2.45) is 0 Å². The third kappa shape index (κ3) is 2.17. The average Bonchev–Trinajstić information content (AvgIpc) is 2.42. The fourth-order valence-electron chi connectivity index (χ4n) is 2.22. The van der Waals surface area contributed by atoms with Crippen LogP contribution in [0.25, 0.3) is 5.76 Å². The second-order valence-corrected chi connectivity index (χ2v) is 4.68. The number of fused-ring (bicyclic) bond motifs is 1.